The minimum Gasteiger partial charge on any atom is -0.490 e. The summed E-state index contributed by atoms with van der Waals surface area (Å²) < 4.78 is 11.8. The number of aliphatic imine (C=N–C) groups is 1. The van der Waals surface area contributed by atoms with Crippen molar-refractivity contribution in [3.8, 4) is 11.5 Å². The van der Waals surface area contributed by atoms with Crippen LogP contribution in [-0.4, -0.2) is 28.6 Å². The first kappa shape index (κ1) is 24.9. The van der Waals surface area contributed by atoms with Gasteiger partial charge in [-0.15, -0.1) is 0 Å². The van der Waals surface area contributed by atoms with Gasteiger partial charge in [0.15, 0.2) is 16.7 Å². The molecule has 1 heterocycles. The number of carbonyl (C=O) groups excluding carboxylic acids is 1. The molecule has 3 aromatic rings. The van der Waals surface area contributed by atoms with Gasteiger partial charge < -0.3 is 9.47 Å². The van der Waals surface area contributed by atoms with Gasteiger partial charge in [0, 0.05) is 16.6 Å². The van der Waals surface area contributed by atoms with Gasteiger partial charge in [0.2, 0.25) is 0 Å². The SMILES string of the molecule is CCOc1cc(C=C2SC(=Nc3ccccc3)N(C(C)C)C2=O)ccc1OCc1ccccc1Cl. The molecule has 1 aliphatic rings. The van der Waals surface area contributed by atoms with E-state index in [9.17, 15) is 4.79 Å². The zero-order valence-corrected chi connectivity index (χ0v) is 21.5. The minimum atomic E-state index is -0.0586. The van der Waals surface area contributed by atoms with Crippen molar-refractivity contribution >= 4 is 46.2 Å². The average Bonchev–Trinajstić information content (AvgIpc) is 3.14. The summed E-state index contributed by atoms with van der Waals surface area (Å²) in [5.41, 5.74) is 2.56. The van der Waals surface area contributed by atoms with E-state index >= 15 is 0 Å². The van der Waals surface area contributed by atoms with Crippen LogP contribution in [0, 0.1) is 0 Å². The third-order valence-corrected chi connectivity index (χ3v) is 6.59. The van der Waals surface area contributed by atoms with Gasteiger partial charge in [0.1, 0.15) is 6.61 Å². The number of amidine groups is 1. The van der Waals surface area contributed by atoms with Gasteiger partial charge in [-0.25, -0.2) is 4.99 Å². The Bertz CT molecular complexity index is 1260. The molecule has 0 aliphatic carbocycles. The van der Waals surface area contributed by atoms with E-state index in [0.29, 0.717) is 39.8 Å². The van der Waals surface area contributed by atoms with Crippen molar-refractivity contribution in [2.75, 3.05) is 6.61 Å². The first-order valence-corrected chi connectivity index (χ1v) is 12.7. The molecule has 180 valence electrons. The van der Waals surface area contributed by atoms with Crippen LogP contribution in [-0.2, 0) is 11.4 Å². The molecule has 0 unspecified atom stereocenters. The fraction of sp³-hybridized carbons (Fsp3) is 0.214. The van der Waals surface area contributed by atoms with Gasteiger partial charge in [-0.3, -0.25) is 9.69 Å². The molecule has 0 spiro atoms. The molecule has 0 N–H and O–H groups in total. The Morgan fingerprint density at radius 1 is 1.00 bits per heavy atom. The van der Waals surface area contributed by atoms with Crippen molar-refractivity contribution in [3.05, 3.63) is 93.9 Å². The summed E-state index contributed by atoms with van der Waals surface area (Å²) in [7, 11) is 0. The number of thioether (sulfide) groups is 1. The average molecular weight is 507 g/mol. The number of benzene rings is 3. The van der Waals surface area contributed by atoms with Crippen LogP contribution in [0.5, 0.6) is 11.5 Å². The monoisotopic (exact) mass is 506 g/mol. The Labute approximate surface area is 215 Å². The zero-order chi connectivity index (χ0) is 24.8. The smallest absolute Gasteiger partial charge is 0.266 e. The number of hydrogen-bond acceptors (Lipinski definition) is 5. The number of hydrogen-bond donors (Lipinski definition) is 0. The molecular weight excluding hydrogens is 480 g/mol. The number of amides is 1. The highest BCUT2D eigenvalue weighted by atomic mass is 35.5. The predicted molar refractivity (Wildman–Crippen MR) is 144 cm³/mol. The Kier molecular flexibility index (Phi) is 8.16. The van der Waals surface area contributed by atoms with E-state index < -0.39 is 0 Å². The van der Waals surface area contributed by atoms with Crippen LogP contribution in [0.25, 0.3) is 6.08 Å². The molecule has 5 nitrogen and oxygen atoms in total. The second-order valence-corrected chi connectivity index (χ2v) is 9.55. The summed E-state index contributed by atoms with van der Waals surface area (Å²) in [6.45, 7) is 6.72. The van der Waals surface area contributed by atoms with Gasteiger partial charge in [-0.2, -0.15) is 0 Å². The van der Waals surface area contributed by atoms with Gasteiger partial charge in [0.05, 0.1) is 17.2 Å². The van der Waals surface area contributed by atoms with E-state index in [1.54, 1.807) is 4.90 Å². The van der Waals surface area contributed by atoms with E-state index in [-0.39, 0.29) is 11.9 Å². The van der Waals surface area contributed by atoms with Crippen molar-refractivity contribution in [1.29, 1.82) is 0 Å². The Morgan fingerprint density at radius 3 is 2.46 bits per heavy atom. The molecule has 1 amide bonds. The number of nitrogens with zero attached hydrogens (tertiary/aromatic N) is 2. The predicted octanol–water partition coefficient (Wildman–Crippen LogP) is 7.33. The normalized spacial score (nSPS) is 15.9. The summed E-state index contributed by atoms with van der Waals surface area (Å²) in [6, 6.07) is 22.9. The second-order valence-electron chi connectivity index (χ2n) is 8.13. The van der Waals surface area contributed by atoms with Crippen LogP contribution in [0.4, 0.5) is 5.69 Å². The molecule has 1 fully saturated rings. The maximum Gasteiger partial charge on any atom is 0.266 e. The zero-order valence-electron chi connectivity index (χ0n) is 19.9. The molecule has 0 atom stereocenters. The van der Waals surface area contributed by atoms with Crippen LogP contribution in [0.15, 0.2) is 82.7 Å². The molecule has 0 bridgehead atoms. The van der Waals surface area contributed by atoms with Crippen molar-refractivity contribution in [2.45, 2.75) is 33.4 Å². The van der Waals surface area contributed by atoms with Crippen LogP contribution in [0.3, 0.4) is 0 Å². The lowest BCUT2D eigenvalue weighted by Crippen LogP contribution is -2.35. The first-order chi connectivity index (χ1) is 17.0. The Hall–Kier alpha value is -3.22. The summed E-state index contributed by atoms with van der Waals surface area (Å²) in [5.74, 6) is 1.18. The van der Waals surface area contributed by atoms with Crippen molar-refractivity contribution in [3.63, 3.8) is 0 Å². The summed E-state index contributed by atoms with van der Waals surface area (Å²) in [5, 5.41) is 1.33. The molecule has 0 radical (unpaired) electrons. The van der Waals surface area contributed by atoms with Gasteiger partial charge in [-0.1, -0.05) is 54.1 Å². The molecule has 3 aromatic carbocycles. The number of para-hydroxylation sites is 1. The van der Waals surface area contributed by atoms with Gasteiger partial charge >= 0.3 is 0 Å². The molecule has 7 heteroatoms. The van der Waals surface area contributed by atoms with E-state index in [0.717, 1.165) is 16.8 Å². The highest BCUT2D eigenvalue weighted by molar-refractivity contribution is 8.18. The first-order valence-electron chi connectivity index (χ1n) is 11.5. The number of halogens is 1. The molecular formula is C28H27ClN2O3S. The van der Waals surface area contributed by atoms with Crippen LogP contribution in [0.1, 0.15) is 31.9 Å². The summed E-state index contributed by atoms with van der Waals surface area (Å²) >= 11 is 7.63. The topological polar surface area (TPSA) is 51.1 Å². The maximum absolute atomic E-state index is 13.2. The number of carbonyl (C=O) groups is 1. The number of ether oxygens (including phenoxy) is 2. The quantitative estimate of drug-likeness (QED) is 0.300. The van der Waals surface area contributed by atoms with Crippen molar-refractivity contribution in [2.24, 2.45) is 4.99 Å². The van der Waals surface area contributed by atoms with Crippen molar-refractivity contribution in [1.82, 2.24) is 4.90 Å². The van der Waals surface area contributed by atoms with Gasteiger partial charge in [0.25, 0.3) is 5.91 Å². The molecule has 0 saturated carbocycles. The third-order valence-electron chi connectivity index (χ3n) is 5.24. The fourth-order valence-electron chi connectivity index (χ4n) is 3.56. The van der Waals surface area contributed by atoms with E-state index in [1.165, 1.54) is 11.8 Å². The standard InChI is InChI=1S/C28H27ClN2O3S/c1-4-33-25-16-20(14-15-24(25)34-18-21-10-8-9-13-23(21)29)17-26-27(32)31(19(2)3)28(35-26)30-22-11-6-5-7-12-22/h5-17,19H,4,18H2,1-3H3. The molecule has 4 rings (SSSR count). The van der Waals surface area contributed by atoms with Crippen LogP contribution in [0.2, 0.25) is 5.02 Å². The lowest BCUT2D eigenvalue weighted by molar-refractivity contribution is -0.123. The summed E-state index contributed by atoms with van der Waals surface area (Å²) in [6.07, 6.45) is 1.87. The fourth-order valence-corrected chi connectivity index (χ4v) is 4.87. The van der Waals surface area contributed by atoms with Crippen LogP contribution < -0.4 is 9.47 Å². The highest BCUT2D eigenvalue weighted by Gasteiger charge is 2.35. The minimum absolute atomic E-state index is 0.0112. The molecule has 1 saturated heterocycles. The summed E-state index contributed by atoms with van der Waals surface area (Å²) in [4.78, 5) is 20.3. The van der Waals surface area contributed by atoms with E-state index in [1.807, 2.05) is 99.6 Å². The van der Waals surface area contributed by atoms with E-state index in [2.05, 4.69) is 0 Å². The lowest BCUT2D eigenvalue weighted by Gasteiger charge is -2.19. The van der Waals surface area contributed by atoms with Gasteiger partial charge in [-0.05, 0) is 74.5 Å². The number of rotatable bonds is 8. The molecule has 0 aromatic heterocycles. The maximum atomic E-state index is 13.2. The molecule has 35 heavy (non-hydrogen) atoms. The highest BCUT2D eigenvalue weighted by Crippen LogP contribution is 2.37. The van der Waals surface area contributed by atoms with Crippen molar-refractivity contribution < 1.29 is 14.3 Å². The largest absolute Gasteiger partial charge is 0.490 e. The third kappa shape index (κ3) is 6.08. The Morgan fingerprint density at radius 2 is 1.74 bits per heavy atom. The van der Waals surface area contributed by atoms with E-state index in [4.69, 9.17) is 26.1 Å². The molecule has 1 aliphatic heterocycles. The second kappa shape index (κ2) is 11.5. The van der Waals surface area contributed by atoms with Crippen LogP contribution >= 0.6 is 23.4 Å². The lowest BCUT2D eigenvalue weighted by atomic mass is 10.1. The Balaban J connectivity index is 1.59.